The van der Waals surface area contributed by atoms with E-state index in [0.29, 0.717) is 5.56 Å². The van der Waals surface area contributed by atoms with Crippen LogP contribution in [-0.4, -0.2) is 25.5 Å². The third kappa shape index (κ3) is 4.79. The second-order valence-corrected chi connectivity index (χ2v) is 14.7. The van der Waals surface area contributed by atoms with Crippen molar-refractivity contribution in [3.05, 3.63) is 164 Å². The van der Waals surface area contributed by atoms with Gasteiger partial charge < -0.3 is 29.9 Å². The molecule has 5 N–H and O–H groups in total. The molecule has 1 aromatic heterocycles. The zero-order valence-corrected chi connectivity index (χ0v) is 30.7. The average molecular weight is 753 g/mol. The molecule has 0 saturated carbocycles. The lowest BCUT2D eigenvalue weighted by Gasteiger charge is -2.20. The van der Waals surface area contributed by atoms with Crippen LogP contribution in [0.25, 0.3) is 110 Å². The molecule has 0 aliphatic carbocycles. The van der Waals surface area contributed by atoms with Crippen molar-refractivity contribution in [3.63, 3.8) is 0 Å². The molecule has 6 heteroatoms. The monoisotopic (exact) mass is 752 g/mol. The van der Waals surface area contributed by atoms with Crippen LogP contribution in [0.15, 0.2) is 168 Å². The van der Waals surface area contributed by atoms with E-state index in [2.05, 4.69) is 97.1 Å². The molecule has 0 aliphatic heterocycles. The molecule has 0 bridgehead atoms. The van der Waals surface area contributed by atoms with E-state index in [9.17, 15) is 25.5 Å². The quantitative estimate of drug-likeness (QED) is 0.0695. The first kappa shape index (κ1) is 33.4. The Morgan fingerprint density at radius 1 is 0.310 bits per heavy atom. The summed E-state index contributed by atoms with van der Waals surface area (Å²) in [6, 6.07) is 55.5. The Hall–Kier alpha value is -7.96. The lowest BCUT2D eigenvalue weighted by Crippen LogP contribution is -1.93. The molecule has 0 atom stereocenters. The first-order chi connectivity index (χ1) is 28.4. The molecule has 1 heterocycles. The molecule has 0 radical (unpaired) electrons. The van der Waals surface area contributed by atoms with Crippen LogP contribution in [-0.2, 0) is 0 Å². The molecular formula is C52H32O6. The lowest BCUT2D eigenvalue weighted by atomic mass is 9.83. The molecule has 11 rings (SSSR count). The van der Waals surface area contributed by atoms with Crippen molar-refractivity contribution < 1.29 is 29.9 Å². The fraction of sp³-hybridized carbons (Fsp3) is 0. The Bertz CT molecular complexity index is 3490. The van der Waals surface area contributed by atoms with Crippen molar-refractivity contribution in [1.82, 2.24) is 0 Å². The summed E-state index contributed by atoms with van der Waals surface area (Å²) in [6.45, 7) is 0. The number of rotatable bonds is 4. The smallest absolute Gasteiger partial charge is 0.208 e. The van der Waals surface area contributed by atoms with E-state index in [1.165, 1.54) is 0 Å². The van der Waals surface area contributed by atoms with Crippen LogP contribution in [0.5, 0.6) is 28.7 Å². The number of benzene rings is 10. The highest BCUT2D eigenvalue weighted by Gasteiger charge is 2.27. The van der Waals surface area contributed by atoms with Gasteiger partial charge in [-0.1, -0.05) is 146 Å². The van der Waals surface area contributed by atoms with Gasteiger partial charge >= 0.3 is 0 Å². The van der Waals surface area contributed by atoms with Crippen molar-refractivity contribution in [2.24, 2.45) is 0 Å². The van der Waals surface area contributed by atoms with Gasteiger partial charge in [0.25, 0.3) is 0 Å². The number of hydrogen-bond acceptors (Lipinski definition) is 6. The van der Waals surface area contributed by atoms with Crippen molar-refractivity contribution in [3.8, 4) is 73.3 Å². The van der Waals surface area contributed by atoms with Crippen LogP contribution in [0.2, 0.25) is 0 Å². The largest absolute Gasteiger partial charge is 0.504 e. The summed E-state index contributed by atoms with van der Waals surface area (Å²) in [5, 5.41) is 63.8. The molecule has 0 saturated heterocycles. The second-order valence-electron chi connectivity index (χ2n) is 14.7. The van der Waals surface area contributed by atoms with E-state index in [4.69, 9.17) is 4.42 Å². The zero-order chi connectivity index (χ0) is 39.2. The zero-order valence-electron chi connectivity index (χ0n) is 30.7. The molecule has 58 heavy (non-hydrogen) atoms. The third-order valence-electron chi connectivity index (χ3n) is 11.6. The van der Waals surface area contributed by atoms with E-state index in [-0.39, 0.29) is 5.56 Å². The maximum Gasteiger partial charge on any atom is 0.208 e. The molecule has 6 nitrogen and oxygen atoms in total. The topological polar surface area (TPSA) is 114 Å². The molecule has 276 valence electrons. The lowest BCUT2D eigenvalue weighted by molar-refractivity contribution is 0.330. The summed E-state index contributed by atoms with van der Waals surface area (Å²) in [5.74, 6) is -4.39. The summed E-state index contributed by atoms with van der Waals surface area (Å²) < 4.78 is 6.79. The van der Waals surface area contributed by atoms with Crippen LogP contribution >= 0.6 is 0 Å². The molecular weight excluding hydrogens is 721 g/mol. The number of phenols is 5. The minimum atomic E-state index is -1.01. The van der Waals surface area contributed by atoms with Crippen LogP contribution in [0.4, 0.5) is 0 Å². The molecule has 0 amide bonds. The molecule has 0 fully saturated rings. The summed E-state index contributed by atoms with van der Waals surface area (Å²) in [4.78, 5) is 0. The van der Waals surface area contributed by atoms with Crippen molar-refractivity contribution in [2.75, 3.05) is 0 Å². The predicted octanol–water partition coefficient (Wildman–Crippen LogP) is 13.4. The Morgan fingerprint density at radius 3 is 1.62 bits per heavy atom. The fourth-order valence-electron chi connectivity index (χ4n) is 8.96. The van der Waals surface area contributed by atoms with E-state index in [1.54, 1.807) is 6.07 Å². The maximum atomic E-state index is 11.1. The number of para-hydroxylation sites is 1. The second kappa shape index (κ2) is 12.5. The summed E-state index contributed by atoms with van der Waals surface area (Å²) in [6.07, 6.45) is 0. The van der Waals surface area contributed by atoms with Gasteiger partial charge in [0.1, 0.15) is 11.2 Å². The normalized spacial score (nSPS) is 11.8. The van der Waals surface area contributed by atoms with Gasteiger partial charge in [0.05, 0.1) is 5.56 Å². The van der Waals surface area contributed by atoms with Crippen molar-refractivity contribution in [1.29, 1.82) is 0 Å². The van der Waals surface area contributed by atoms with Crippen LogP contribution < -0.4 is 0 Å². The number of hydrogen-bond donors (Lipinski definition) is 5. The summed E-state index contributed by atoms with van der Waals surface area (Å²) in [7, 11) is 0. The maximum absolute atomic E-state index is 11.1. The standard InChI is InChI=1S/C52H32O6/c53-47-43(48(54)50(56)51(57)49(47)55)32-24-25-38-41(27-32)45(37-16-6-5-15-36(37)44(38)35-18-7-13-29-11-3-4-14-33(29)35)39-19-9-21-42-46(39)40-20-8-17-34(52(40)58-42)31-23-22-28-10-1-2-12-30(28)26-31/h1-27,53-57H. The van der Waals surface area contributed by atoms with E-state index < -0.39 is 28.7 Å². The van der Waals surface area contributed by atoms with Crippen molar-refractivity contribution >= 4 is 65.0 Å². The van der Waals surface area contributed by atoms with Gasteiger partial charge in [-0.25, -0.2) is 0 Å². The number of furan rings is 1. The highest BCUT2D eigenvalue weighted by molar-refractivity contribution is 6.28. The van der Waals surface area contributed by atoms with Crippen LogP contribution in [0, 0.1) is 0 Å². The minimum absolute atomic E-state index is 0.215. The van der Waals surface area contributed by atoms with Gasteiger partial charge in [-0.2, -0.15) is 0 Å². The minimum Gasteiger partial charge on any atom is -0.504 e. The SMILES string of the molecule is Oc1c(O)c(O)c(-c2ccc3c(-c4cccc5ccccc45)c4ccccc4c(-c4cccc5oc6c(-c7ccc8ccccc8c7)cccc6c45)c3c2)c(O)c1O. The summed E-state index contributed by atoms with van der Waals surface area (Å²) >= 11 is 0. The molecule has 0 unspecified atom stereocenters. The Kier molecular flexibility index (Phi) is 7.21. The van der Waals surface area contributed by atoms with Gasteiger partial charge in [-0.15, -0.1) is 0 Å². The van der Waals surface area contributed by atoms with Crippen molar-refractivity contribution in [2.45, 2.75) is 0 Å². The number of fused-ring (bicyclic) bond motifs is 7. The summed E-state index contributed by atoms with van der Waals surface area (Å²) in [5.41, 5.74) is 7.47. The van der Waals surface area contributed by atoms with Gasteiger partial charge in [-0.3, -0.25) is 0 Å². The first-order valence-electron chi connectivity index (χ1n) is 19.0. The number of aromatic hydroxyl groups is 5. The third-order valence-corrected chi connectivity index (χ3v) is 11.6. The molecule has 10 aromatic carbocycles. The van der Waals surface area contributed by atoms with Crippen LogP contribution in [0.1, 0.15) is 0 Å². The van der Waals surface area contributed by atoms with Gasteiger partial charge in [0, 0.05) is 16.3 Å². The Balaban J connectivity index is 1.27. The van der Waals surface area contributed by atoms with Gasteiger partial charge in [-0.05, 0) is 94.7 Å². The van der Waals surface area contributed by atoms with E-state index in [1.807, 2.05) is 60.7 Å². The Labute approximate surface area is 331 Å². The van der Waals surface area contributed by atoms with Gasteiger partial charge in [0.15, 0.2) is 11.5 Å². The number of phenolic OH excluding ortho intramolecular Hbond substituents is 5. The van der Waals surface area contributed by atoms with Crippen LogP contribution in [0.3, 0.4) is 0 Å². The highest BCUT2D eigenvalue weighted by atomic mass is 16.4. The fourth-order valence-corrected chi connectivity index (χ4v) is 8.96. The van der Waals surface area contributed by atoms with E-state index in [0.717, 1.165) is 98.4 Å². The van der Waals surface area contributed by atoms with E-state index >= 15 is 0 Å². The predicted molar refractivity (Wildman–Crippen MR) is 234 cm³/mol. The average Bonchev–Trinajstić information content (AvgIpc) is 3.66. The molecule has 11 aromatic rings. The molecule has 0 aliphatic rings. The highest BCUT2D eigenvalue weighted by Crippen LogP contribution is 2.56. The Morgan fingerprint density at radius 2 is 0.845 bits per heavy atom. The first-order valence-corrected chi connectivity index (χ1v) is 19.0. The van der Waals surface area contributed by atoms with Gasteiger partial charge in [0.2, 0.25) is 17.2 Å². The molecule has 0 spiro atoms.